The van der Waals surface area contributed by atoms with Crippen LogP contribution in [0.2, 0.25) is 0 Å². The molecular weight excluding hydrogens is 354 g/mol. The fourth-order valence-corrected chi connectivity index (χ4v) is 4.22. The van der Waals surface area contributed by atoms with E-state index in [0.29, 0.717) is 6.04 Å². The van der Waals surface area contributed by atoms with E-state index in [1.54, 1.807) is 13.8 Å². The SMILES string of the molecule is CC(C)(NC(=O)C1CCCN(C2CCN(Cc3cccnc3)CC2)C1)C(N)=O. The molecule has 7 nitrogen and oxygen atoms in total. The van der Waals surface area contributed by atoms with Crippen molar-refractivity contribution in [2.75, 3.05) is 26.2 Å². The van der Waals surface area contributed by atoms with Gasteiger partial charge in [0.05, 0.1) is 5.92 Å². The highest BCUT2D eigenvalue weighted by atomic mass is 16.2. The Balaban J connectivity index is 1.48. The van der Waals surface area contributed by atoms with Crippen LogP contribution in [-0.4, -0.2) is 64.4 Å². The van der Waals surface area contributed by atoms with Gasteiger partial charge in [-0.15, -0.1) is 0 Å². The molecule has 2 amide bonds. The first-order valence-corrected chi connectivity index (χ1v) is 10.3. The molecule has 1 aromatic rings. The number of nitrogens with one attached hydrogen (secondary N) is 1. The molecule has 0 radical (unpaired) electrons. The highest BCUT2D eigenvalue weighted by Gasteiger charge is 2.35. The smallest absolute Gasteiger partial charge is 0.242 e. The lowest BCUT2D eigenvalue weighted by atomic mass is 9.92. The van der Waals surface area contributed by atoms with Gasteiger partial charge in [-0.05, 0) is 70.8 Å². The highest BCUT2D eigenvalue weighted by Crippen LogP contribution is 2.25. The summed E-state index contributed by atoms with van der Waals surface area (Å²) in [5, 5.41) is 2.83. The second kappa shape index (κ2) is 9.01. The van der Waals surface area contributed by atoms with Gasteiger partial charge in [0.15, 0.2) is 0 Å². The van der Waals surface area contributed by atoms with Gasteiger partial charge in [-0.3, -0.25) is 24.4 Å². The highest BCUT2D eigenvalue weighted by molar-refractivity contribution is 5.90. The quantitative estimate of drug-likeness (QED) is 0.764. The largest absolute Gasteiger partial charge is 0.368 e. The van der Waals surface area contributed by atoms with Crippen LogP contribution in [0.25, 0.3) is 0 Å². The van der Waals surface area contributed by atoms with Gasteiger partial charge in [0, 0.05) is 31.5 Å². The van der Waals surface area contributed by atoms with E-state index in [9.17, 15) is 9.59 Å². The minimum atomic E-state index is -1.00. The van der Waals surface area contributed by atoms with Gasteiger partial charge in [-0.2, -0.15) is 0 Å². The molecule has 3 N–H and O–H groups in total. The van der Waals surface area contributed by atoms with Crippen LogP contribution in [0.5, 0.6) is 0 Å². The maximum Gasteiger partial charge on any atom is 0.242 e. The number of hydrogen-bond donors (Lipinski definition) is 2. The Kier molecular flexibility index (Phi) is 6.67. The van der Waals surface area contributed by atoms with Crippen LogP contribution in [0.15, 0.2) is 24.5 Å². The molecule has 154 valence electrons. The van der Waals surface area contributed by atoms with Crippen molar-refractivity contribution >= 4 is 11.8 Å². The zero-order chi connectivity index (χ0) is 20.1. The van der Waals surface area contributed by atoms with Crippen molar-refractivity contribution in [1.29, 1.82) is 0 Å². The van der Waals surface area contributed by atoms with Crippen LogP contribution >= 0.6 is 0 Å². The maximum absolute atomic E-state index is 12.6. The third-order valence-corrected chi connectivity index (χ3v) is 6.08. The lowest BCUT2D eigenvalue weighted by Crippen LogP contribution is -2.57. The molecule has 0 aromatic carbocycles. The van der Waals surface area contributed by atoms with Crippen molar-refractivity contribution in [1.82, 2.24) is 20.1 Å². The summed E-state index contributed by atoms with van der Waals surface area (Å²) in [4.78, 5) is 33.3. The lowest BCUT2D eigenvalue weighted by molar-refractivity contribution is -0.134. The molecule has 0 bridgehead atoms. The number of likely N-dealkylation sites (tertiary alicyclic amines) is 2. The van der Waals surface area contributed by atoms with E-state index in [1.165, 1.54) is 5.56 Å². The van der Waals surface area contributed by atoms with E-state index in [2.05, 4.69) is 26.2 Å². The number of rotatable bonds is 6. The fourth-order valence-electron chi connectivity index (χ4n) is 4.22. The van der Waals surface area contributed by atoms with E-state index >= 15 is 0 Å². The minimum Gasteiger partial charge on any atom is -0.368 e. The number of carbonyl (C=O) groups excluding carboxylic acids is 2. The van der Waals surface area contributed by atoms with Crippen LogP contribution in [0.1, 0.15) is 45.1 Å². The molecule has 3 rings (SSSR count). The van der Waals surface area contributed by atoms with E-state index in [0.717, 1.165) is 58.4 Å². The van der Waals surface area contributed by atoms with Crippen molar-refractivity contribution in [2.24, 2.45) is 11.7 Å². The predicted molar refractivity (Wildman–Crippen MR) is 108 cm³/mol. The predicted octanol–water partition coefficient (Wildman–Crippen LogP) is 1.14. The van der Waals surface area contributed by atoms with Crippen molar-refractivity contribution in [3.8, 4) is 0 Å². The van der Waals surface area contributed by atoms with E-state index < -0.39 is 11.4 Å². The molecule has 0 aliphatic carbocycles. The van der Waals surface area contributed by atoms with Gasteiger partial charge in [-0.1, -0.05) is 6.07 Å². The third kappa shape index (κ3) is 5.29. The summed E-state index contributed by atoms with van der Waals surface area (Å²) < 4.78 is 0. The minimum absolute atomic E-state index is 0.0532. The molecule has 2 fully saturated rings. The summed E-state index contributed by atoms with van der Waals surface area (Å²) in [5.74, 6) is -0.627. The van der Waals surface area contributed by atoms with E-state index in [-0.39, 0.29) is 11.8 Å². The molecule has 1 unspecified atom stereocenters. The van der Waals surface area contributed by atoms with E-state index in [4.69, 9.17) is 5.73 Å². The first-order valence-electron chi connectivity index (χ1n) is 10.3. The molecule has 28 heavy (non-hydrogen) atoms. The molecule has 2 aliphatic rings. The van der Waals surface area contributed by atoms with Crippen molar-refractivity contribution in [3.63, 3.8) is 0 Å². The van der Waals surface area contributed by atoms with Gasteiger partial charge in [0.2, 0.25) is 11.8 Å². The zero-order valence-electron chi connectivity index (χ0n) is 17.1. The Hall–Kier alpha value is -1.99. The summed E-state index contributed by atoms with van der Waals surface area (Å²) in [7, 11) is 0. The summed E-state index contributed by atoms with van der Waals surface area (Å²) in [6.45, 7) is 8.23. The van der Waals surface area contributed by atoms with E-state index in [1.807, 2.05) is 18.5 Å². The van der Waals surface area contributed by atoms with Gasteiger partial charge < -0.3 is 11.1 Å². The number of amides is 2. The normalized spacial score (nSPS) is 22.7. The summed E-state index contributed by atoms with van der Waals surface area (Å²) in [6.07, 6.45) is 7.89. The Bertz CT molecular complexity index is 671. The topological polar surface area (TPSA) is 91.6 Å². The van der Waals surface area contributed by atoms with Crippen LogP contribution < -0.4 is 11.1 Å². The second-order valence-electron chi connectivity index (χ2n) is 8.68. The molecular formula is C21H33N5O2. The van der Waals surface area contributed by atoms with Crippen LogP contribution in [-0.2, 0) is 16.1 Å². The zero-order valence-corrected chi connectivity index (χ0v) is 17.1. The summed E-state index contributed by atoms with van der Waals surface area (Å²) in [6, 6.07) is 4.64. The lowest BCUT2D eigenvalue weighted by Gasteiger charge is -2.42. The molecule has 7 heteroatoms. The average Bonchev–Trinajstić information content (AvgIpc) is 2.69. The summed E-state index contributed by atoms with van der Waals surface area (Å²) >= 11 is 0. The number of carbonyl (C=O) groups is 2. The Morgan fingerprint density at radius 2 is 2.00 bits per heavy atom. The number of pyridine rings is 1. The fraction of sp³-hybridized carbons (Fsp3) is 0.667. The first-order chi connectivity index (χ1) is 13.3. The van der Waals surface area contributed by atoms with Gasteiger partial charge in [0.1, 0.15) is 5.54 Å². The second-order valence-corrected chi connectivity index (χ2v) is 8.68. The molecule has 0 spiro atoms. The van der Waals surface area contributed by atoms with Crippen molar-refractivity contribution < 1.29 is 9.59 Å². The summed E-state index contributed by atoms with van der Waals surface area (Å²) in [5.41, 5.74) is 5.64. The van der Waals surface area contributed by atoms with Crippen molar-refractivity contribution in [3.05, 3.63) is 30.1 Å². The molecule has 1 atom stereocenters. The average molecular weight is 388 g/mol. The number of piperidine rings is 2. The monoisotopic (exact) mass is 387 g/mol. The molecule has 1 aromatic heterocycles. The third-order valence-electron chi connectivity index (χ3n) is 6.08. The molecule has 0 saturated carbocycles. The first kappa shape index (κ1) is 20.7. The Morgan fingerprint density at radius 3 is 2.64 bits per heavy atom. The van der Waals surface area contributed by atoms with Crippen LogP contribution in [0.4, 0.5) is 0 Å². The molecule has 2 saturated heterocycles. The number of nitrogens with two attached hydrogens (primary N) is 1. The van der Waals surface area contributed by atoms with Gasteiger partial charge in [-0.25, -0.2) is 0 Å². The molecule has 2 aliphatic heterocycles. The van der Waals surface area contributed by atoms with Crippen molar-refractivity contribution in [2.45, 2.75) is 57.7 Å². The number of nitrogens with zero attached hydrogens (tertiary/aromatic N) is 3. The number of primary amides is 1. The maximum atomic E-state index is 12.6. The van der Waals surface area contributed by atoms with Gasteiger partial charge >= 0.3 is 0 Å². The standard InChI is InChI=1S/C21H33N5O2/c1-21(2,20(22)28)24-19(27)17-6-4-10-26(15-17)18-7-11-25(12-8-18)14-16-5-3-9-23-13-16/h3,5,9,13,17-18H,4,6-8,10-12,14-15H2,1-2H3,(H2,22,28)(H,24,27). The number of aromatic nitrogens is 1. The van der Waals surface area contributed by atoms with Crippen LogP contribution in [0.3, 0.4) is 0 Å². The number of hydrogen-bond acceptors (Lipinski definition) is 5. The van der Waals surface area contributed by atoms with Gasteiger partial charge in [0.25, 0.3) is 0 Å². The Morgan fingerprint density at radius 1 is 1.25 bits per heavy atom. The molecule has 3 heterocycles. The Labute approximate surface area is 167 Å². The van der Waals surface area contributed by atoms with Crippen LogP contribution in [0, 0.1) is 5.92 Å².